The van der Waals surface area contributed by atoms with E-state index in [2.05, 4.69) is 24.1 Å². The van der Waals surface area contributed by atoms with Gasteiger partial charge in [-0.1, -0.05) is 93.9 Å². The van der Waals surface area contributed by atoms with Crippen LogP contribution in [0.5, 0.6) is 17.2 Å². The number of carbonyl (C=O) groups excluding carboxylic acids is 3. The normalized spacial score (nSPS) is 20.0. The van der Waals surface area contributed by atoms with Crippen LogP contribution in [0.3, 0.4) is 0 Å². The van der Waals surface area contributed by atoms with Crippen molar-refractivity contribution in [2.45, 2.75) is 117 Å². The molecule has 0 radical (unpaired) electrons. The molecule has 0 aliphatic carbocycles. The summed E-state index contributed by atoms with van der Waals surface area (Å²) in [6.07, 6.45) is 10.8. The number of hydrogen-bond donors (Lipinski definition) is 3. The summed E-state index contributed by atoms with van der Waals surface area (Å²) in [7, 11) is -6.76. The SMILES string of the molecule is CS(=O)c1cccc(C(=O)N2CC[C@@H](N3CCC(Oc4ccc(Cl)c(Cl)c4)CC3)[C@H](C(=O)O)C2)c1.O.O.O=C(NS(=O)(=O)N1CCC(N2CCC(Oc3ccc(Cl)c(Cl)c3)CC2)CC1)c1ccccc1.O=C(NS(=O)c1ccc(F)cc1)N1CCC(N2CCC(Oc3ccc(Cl)c(Cl)c3)CC2)CC1.[HH].[HH].[HH]. The molecule has 12 rings (SSSR count). The maximum absolute atomic E-state index is 13.1. The molecule has 566 valence electrons. The van der Waals surface area contributed by atoms with Crippen LogP contribution in [-0.2, 0) is 36.8 Å². The third-order valence-corrected chi connectivity index (χ3v) is 24.8. The Labute approximate surface area is 639 Å². The van der Waals surface area contributed by atoms with Gasteiger partial charge in [0.25, 0.3) is 11.8 Å². The topological polar surface area (TPSA) is 291 Å². The molecule has 0 bridgehead atoms. The van der Waals surface area contributed by atoms with Gasteiger partial charge in [-0.15, -0.1) is 0 Å². The summed E-state index contributed by atoms with van der Waals surface area (Å²) < 4.78 is 86.7. The smallest absolute Gasteiger partial charge is 0.329 e. The van der Waals surface area contributed by atoms with Crippen LogP contribution in [0.15, 0.2) is 143 Å². The Balaban J connectivity index is 0.000000279. The molecule has 6 aliphatic rings. The number of nitrogens with zero attached hydrogens (tertiary/aromatic N) is 6. The van der Waals surface area contributed by atoms with E-state index in [1.54, 1.807) is 113 Å². The lowest BCUT2D eigenvalue weighted by atomic mass is 9.88. The van der Waals surface area contributed by atoms with E-state index < -0.39 is 55.6 Å². The molecule has 0 aromatic heterocycles. The third-order valence-electron chi connectivity index (χ3n) is 19.1. The number of piperidine rings is 6. The zero-order chi connectivity index (χ0) is 71.9. The standard InChI is InChI=1S/C25H28Cl2N2O5S.C23H26Cl2FN3O3S.C23H27Cl2N3O4S.2H2O.3H2/c1-35(33)19-4-2-3-16(13-19)24(30)29-12-9-23(20(15-29)25(31)32)28-10-7-17(8-11-28)34-18-5-6-21(26)22(27)14-18;24-21-6-3-19(15-22(21)25)32-18-9-13-28(14-10-18)17-7-11-29(12-8-17)23(30)27-33(31)20-4-1-16(26)2-5-20;24-21-7-6-20(16-22(21)25)32-19-10-12-27(13-11-19)18-8-14-28(15-9-18)33(30,31)26-23(29)17-4-2-1-3-5-17;;;;;/h2-6,13-14,17,20,23H,7-12,15H2,1H3,(H,31,32);1-6,15,17-18H,7-14H2,(H,27,30);1-7,16,18-19H,8-15H2,(H,26,29);2*1H2;3*1H/t20-,23-,35?;;;;;;;/m1......./s1. The summed E-state index contributed by atoms with van der Waals surface area (Å²) in [6.45, 7) is 7.75. The van der Waals surface area contributed by atoms with Crippen LogP contribution >= 0.6 is 69.6 Å². The Bertz CT molecular complexity index is 4020. The van der Waals surface area contributed by atoms with Crippen LogP contribution in [0.4, 0.5) is 9.18 Å². The Hall–Kier alpha value is -5.92. The second kappa shape index (κ2) is 39.1. The summed E-state index contributed by atoms with van der Waals surface area (Å²) in [6, 6.07) is 36.4. The molecular formula is C71H91Cl6FN8O14S3. The van der Waals surface area contributed by atoms with Gasteiger partial charge in [0.05, 0.1) is 40.9 Å². The number of rotatable bonds is 17. The number of hydrogen-bond acceptors (Lipinski definition) is 14. The van der Waals surface area contributed by atoms with E-state index >= 15 is 0 Å². The van der Waals surface area contributed by atoms with Crippen molar-refractivity contribution in [2.75, 3.05) is 84.8 Å². The van der Waals surface area contributed by atoms with Crippen LogP contribution < -0.4 is 23.7 Å². The minimum atomic E-state index is -3.86. The summed E-state index contributed by atoms with van der Waals surface area (Å²) in [5.74, 6) is -0.691. The number of amides is 4. The number of carbonyl (C=O) groups is 4. The van der Waals surface area contributed by atoms with Crippen molar-refractivity contribution in [2.24, 2.45) is 5.92 Å². The Morgan fingerprint density at radius 3 is 1.39 bits per heavy atom. The van der Waals surface area contributed by atoms with Crippen LogP contribution in [0, 0.1) is 11.7 Å². The maximum Gasteiger partial charge on any atom is 0.329 e. The van der Waals surface area contributed by atoms with Crippen molar-refractivity contribution in [3.8, 4) is 17.2 Å². The number of aliphatic carboxylic acids is 1. The monoisotopic (exact) mass is 1600 g/mol. The highest BCUT2D eigenvalue weighted by atomic mass is 35.5. The molecule has 32 heteroatoms. The average Bonchev–Trinajstić information content (AvgIpc) is 0.801. The highest BCUT2D eigenvalue weighted by Crippen LogP contribution is 2.34. The molecule has 4 atom stereocenters. The molecule has 22 nitrogen and oxygen atoms in total. The first kappa shape index (κ1) is 82.7. The molecule has 6 aromatic carbocycles. The number of benzene rings is 6. The quantitative estimate of drug-likeness (QED) is 0.0765. The van der Waals surface area contributed by atoms with Gasteiger partial charge in [-0.25, -0.2) is 18.1 Å². The Morgan fingerprint density at radius 1 is 0.505 bits per heavy atom. The lowest BCUT2D eigenvalue weighted by molar-refractivity contribution is -0.146. The molecule has 6 aromatic rings. The van der Waals surface area contributed by atoms with E-state index in [9.17, 15) is 45.5 Å². The maximum atomic E-state index is 13.1. The van der Waals surface area contributed by atoms with Gasteiger partial charge in [0.2, 0.25) is 0 Å². The number of ether oxygens (including phenoxy) is 3. The van der Waals surface area contributed by atoms with E-state index in [4.69, 9.17) is 83.8 Å². The van der Waals surface area contributed by atoms with Crippen molar-refractivity contribution < 1.29 is 75.0 Å². The molecule has 103 heavy (non-hydrogen) atoms. The minimum absolute atomic E-state index is 0. The van der Waals surface area contributed by atoms with Gasteiger partial charge < -0.3 is 45.0 Å². The molecule has 0 saturated carbocycles. The molecule has 2 unspecified atom stereocenters. The first-order valence-corrected chi connectivity index (χ1v) is 40.0. The molecular weight excluding hydrogens is 1520 g/mol. The number of likely N-dealkylation sites (tertiary alicyclic amines) is 5. The van der Waals surface area contributed by atoms with Gasteiger partial charge in [0, 0.05) is 152 Å². The second-order valence-corrected chi connectivity index (χ2v) is 32.3. The van der Waals surface area contributed by atoms with E-state index in [0.29, 0.717) is 108 Å². The zero-order valence-corrected chi connectivity index (χ0v) is 63.5. The predicted molar refractivity (Wildman–Crippen MR) is 406 cm³/mol. The lowest BCUT2D eigenvalue weighted by Gasteiger charge is -2.44. The number of carboxylic acids is 1. The fourth-order valence-electron chi connectivity index (χ4n) is 13.5. The lowest BCUT2D eigenvalue weighted by Crippen LogP contribution is -2.56. The largest absolute Gasteiger partial charge is 0.490 e. The van der Waals surface area contributed by atoms with Crippen molar-refractivity contribution >= 4 is 125 Å². The number of nitrogens with one attached hydrogen (secondary N) is 2. The highest BCUT2D eigenvalue weighted by molar-refractivity contribution is 7.87. The van der Waals surface area contributed by atoms with E-state index in [0.717, 1.165) is 115 Å². The highest BCUT2D eigenvalue weighted by Gasteiger charge is 2.41. The van der Waals surface area contributed by atoms with Crippen molar-refractivity contribution in [3.63, 3.8) is 0 Å². The molecule has 7 N–H and O–H groups in total. The fraction of sp³-hybridized carbons (Fsp3) is 0.437. The van der Waals surface area contributed by atoms with Gasteiger partial charge in [-0.2, -0.15) is 12.7 Å². The summed E-state index contributed by atoms with van der Waals surface area (Å²) in [5, 5.41) is 12.9. The zero-order valence-electron chi connectivity index (χ0n) is 56.5. The van der Waals surface area contributed by atoms with Gasteiger partial charge in [-0.05, 0) is 162 Å². The Kier molecular flexibility index (Phi) is 31.4. The van der Waals surface area contributed by atoms with Gasteiger partial charge in [-0.3, -0.25) is 33.1 Å². The first-order chi connectivity index (χ1) is 48.4. The van der Waals surface area contributed by atoms with Crippen LogP contribution in [0.2, 0.25) is 30.1 Å². The molecule has 6 heterocycles. The minimum Gasteiger partial charge on any atom is -0.490 e. The average molecular weight is 1610 g/mol. The summed E-state index contributed by atoms with van der Waals surface area (Å²) >= 11 is 36.1. The molecule has 0 spiro atoms. The second-order valence-electron chi connectivity index (χ2n) is 25.6. The number of urea groups is 1. The van der Waals surface area contributed by atoms with Gasteiger partial charge in [0.15, 0.2) is 11.0 Å². The first-order valence-electron chi connectivity index (χ1n) is 33.6. The predicted octanol–water partition coefficient (Wildman–Crippen LogP) is 12.1. The molecule has 6 aliphatic heterocycles. The molecule has 6 fully saturated rings. The van der Waals surface area contributed by atoms with E-state index in [1.165, 1.54) is 28.6 Å². The molecule has 6 saturated heterocycles. The van der Waals surface area contributed by atoms with Crippen molar-refractivity contribution in [1.82, 2.24) is 38.2 Å². The van der Waals surface area contributed by atoms with Crippen molar-refractivity contribution in [1.29, 1.82) is 0 Å². The van der Waals surface area contributed by atoms with E-state index in [1.807, 2.05) is 12.1 Å². The number of carboxylic acid groups (broad SMARTS) is 1. The number of halogens is 7. The van der Waals surface area contributed by atoms with Crippen LogP contribution in [-0.4, -0.2) is 207 Å². The van der Waals surface area contributed by atoms with Crippen LogP contribution in [0.25, 0.3) is 0 Å². The third kappa shape index (κ3) is 23.3. The van der Waals surface area contributed by atoms with Gasteiger partial charge in [0.1, 0.15) is 41.4 Å². The Morgan fingerprint density at radius 2 is 0.942 bits per heavy atom. The summed E-state index contributed by atoms with van der Waals surface area (Å²) in [4.78, 5) is 61.3. The molecule has 4 amide bonds. The van der Waals surface area contributed by atoms with Crippen LogP contribution in [0.1, 0.15) is 95.6 Å². The van der Waals surface area contributed by atoms with Gasteiger partial charge >= 0.3 is 22.2 Å². The van der Waals surface area contributed by atoms with E-state index in [-0.39, 0.29) is 58.1 Å². The summed E-state index contributed by atoms with van der Waals surface area (Å²) in [5.41, 5.74) is 0.752. The fourth-order valence-corrected chi connectivity index (χ4v) is 16.9. The van der Waals surface area contributed by atoms with Crippen molar-refractivity contribution in [3.05, 3.63) is 181 Å².